The fourth-order valence-electron chi connectivity index (χ4n) is 1.84. The molecule has 0 rings (SSSR count). The van der Waals surface area contributed by atoms with Crippen LogP contribution in [0, 0.1) is 22.7 Å². The van der Waals surface area contributed by atoms with Crippen LogP contribution in [0.15, 0.2) is 0 Å². The van der Waals surface area contributed by atoms with Crippen molar-refractivity contribution < 1.29 is 16.8 Å². The average molecular weight is 379 g/mol. The minimum absolute atomic E-state index is 0.155. The number of hydrogen-bond donors (Lipinski definition) is 2. The predicted octanol–water partition coefficient (Wildman–Crippen LogP) is 1.34. The van der Waals surface area contributed by atoms with E-state index in [0.29, 0.717) is 51.4 Å². The molecule has 8 nitrogen and oxygen atoms in total. The summed E-state index contributed by atoms with van der Waals surface area (Å²) in [5, 5.41) is 16.8. The molecule has 0 unspecified atom stereocenters. The number of nitrogens with zero attached hydrogens (tertiary/aromatic N) is 2. The molecule has 24 heavy (non-hydrogen) atoms. The van der Waals surface area contributed by atoms with Crippen LogP contribution in [0.1, 0.15) is 58.3 Å². The first-order valence-electron chi connectivity index (χ1n) is 7.99. The monoisotopic (exact) mass is 378 g/mol. The summed E-state index contributed by atoms with van der Waals surface area (Å²) in [6.45, 7) is 1.44. The van der Waals surface area contributed by atoms with Crippen LogP contribution in [-0.4, -0.2) is 34.5 Å². The highest BCUT2D eigenvalue weighted by Gasteiger charge is 2.32. The summed E-state index contributed by atoms with van der Waals surface area (Å²) in [6, 6.07) is 4.01. The maximum atomic E-state index is 12.0. The van der Waals surface area contributed by atoms with Crippen molar-refractivity contribution in [3.63, 3.8) is 0 Å². The molecule has 2 N–H and O–H groups in total. The molecule has 0 fully saturated rings. The zero-order valence-corrected chi connectivity index (χ0v) is 15.6. The van der Waals surface area contributed by atoms with E-state index in [-0.39, 0.29) is 13.1 Å². The van der Waals surface area contributed by atoms with Crippen LogP contribution in [0.5, 0.6) is 0 Å². The Morgan fingerprint density at radius 1 is 0.750 bits per heavy atom. The molecule has 0 heterocycles. The van der Waals surface area contributed by atoms with Crippen molar-refractivity contribution >= 4 is 20.0 Å². The van der Waals surface area contributed by atoms with E-state index in [1.165, 1.54) is 0 Å². The summed E-state index contributed by atoms with van der Waals surface area (Å²) in [7, 11) is -7.94. The molecule has 0 aliphatic rings. The Balaban J connectivity index is 4.24. The van der Waals surface area contributed by atoms with E-state index >= 15 is 0 Å². The van der Waals surface area contributed by atoms with Gasteiger partial charge < -0.3 is 0 Å². The Hall–Kier alpha value is -1.20. The molecule has 0 radical (unpaired) electrons. The fourth-order valence-corrected chi connectivity index (χ4v) is 4.91. The first kappa shape index (κ1) is 22.8. The van der Waals surface area contributed by atoms with Crippen molar-refractivity contribution in [1.29, 1.82) is 10.5 Å². The summed E-state index contributed by atoms with van der Waals surface area (Å²) >= 11 is 0. The molecule has 0 aromatic rings. The van der Waals surface area contributed by atoms with Gasteiger partial charge in [-0.3, -0.25) is 0 Å². The highest BCUT2D eigenvalue weighted by molar-refractivity contribution is 8.07. The molecule has 0 atom stereocenters. The van der Waals surface area contributed by atoms with Gasteiger partial charge in [-0.25, -0.2) is 26.3 Å². The molecule has 10 heteroatoms. The summed E-state index contributed by atoms with van der Waals surface area (Å²) < 4.78 is 51.1. The molecule has 138 valence electrons. The van der Waals surface area contributed by atoms with E-state index in [9.17, 15) is 16.8 Å². The third kappa shape index (κ3) is 9.83. The highest BCUT2D eigenvalue weighted by atomic mass is 32.3. The molecule has 0 aromatic carbocycles. The molecule has 0 aliphatic carbocycles. The molecule has 0 saturated carbocycles. The second kappa shape index (κ2) is 12.2. The minimum atomic E-state index is -3.97. The van der Waals surface area contributed by atoms with Gasteiger partial charge >= 0.3 is 0 Å². The van der Waals surface area contributed by atoms with Gasteiger partial charge in [-0.15, -0.1) is 0 Å². The van der Waals surface area contributed by atoms with Crippen LogP contribution in [0.4, 0.5) is 0 Å². The van der Waals surface area contributed by atoms with Crippen molar-refractivity contribution in [2.75, 3.05) is 13.1 Å². The summed E-state index contributed by atoms with van der Waals surface area (Å²) in [6.07, 6.45) is 4.76. The number of nitrogens with one attached hydrogen (secondary N) is 2. The van der Waals surface area contributed by atoms with Crippen molar-refractivity contribution in [2.45, 2.75) is 62.9 Å². The van der Waals surface area contributed by atoms with Gasteiger partial charge in [-0.1, -0.05) is 12.8 Å². The molecule has 0 amide bonds. The lowest BCUT2D eigenvalue weighted by atomic mass is 10.2. The lowest BCUT2D eigenvalue weighted by Gasteiger charge is -2.15. The molecule has 0 aromatic heterocycles. The zero-order chi connectivity index (χ0) is 18.5. The molecule has 0 saturated heterocycles. The first-order valence-corrected chi connectivity index (χ1v) is 11.1. The normalized spacial score (nSPS) is 12.0. The summed E-state index contributed by atoms with van der Waals surface area (Å²) in [5.41, 5.74) is 0. The number of nitriles is 2. The maximum Gasteiger partial charge on any atom is 0.230 e. The second-order valence-corrected chi connectivity index (χ2v) is 9.85. The van der Waals surface area contributed by atoms with E-state index in [1.807, 2.05) is 12.1 Å². The first-order chi connectivity index (χ1) is 11.3. The maximum absolute atomic E-state index is 12.0. The van der Waals surface area contributed by atoms with Crippen molar-refractivity contribution in [3.8, 4) is 12.1 Å². The Bertz CT molecular complexity index is 577. The van der Waals surface area contributed by atoms with Crippen LogP contribution in [0.3, 0.4) is 0 Å². The molecule has 0 aliphatic heterocycles. The smallest absolute Gasteiger partial charge is 0.214 e. The fraction of sp³-hybridized carbons (Fsp3) is 0.857. The average Bonchev–Trinajstić information content (AvgIpc) is 2.53. The van der Waals surface area contributed by atoms with Gasteiger partial charge in [0.05, 0.1) is 12.1 Å². The number of unbranched alkanes of at least 4 members (excludes halogenated alkanes) is 6. The summed E-state index contributed by atoms with van der Waals surface area (Å²) in [4.78, 5) is 0. The minimum Gasteiger partial charge on any atom is -0.214 e. The van der Waals surface area contributed by atoms with Crippen LogP contribution in [0.25, 0.3) is 0 Å². The van der Waals surface area contributed by atoms with Gasteiger partial charge in [-0.05, 0) is 32.6 Å². The van der Waals surface area contributed by atoms with Gasteiger partial charge in [0.15, 0.2) is 4.58 Å². The quantitative estimate of drug-likeness (QED) is 0.437. The van der Waals surface area contributed by atoms with E-state index in [2.05, 4.69) is 9.44 Å². The van der Waals surface area contributed by atoms with Crippen molar-refractivity contribution in [3.05, 3.63) is 0 Å². The standard InChI is InChI=1S/C14H26N4O4S2/c1-14(23(19,20)17-12-8-4-2-6-10-15)24(21,22)18-13-9-5-3-7-11-16/h14,17-18H,2-9,12-13H2,1H3. The van der Waals surface area contributed by atoms with E-state index in [1.54, 1.807) is 0 Å². The largest absolute Gasteiger partial charge is 0.230 e. The van der Waals surface area contributed by atoms with Gasteiger partial charge in [-0.2, -0.15) is 10.5 Å². The van der Waals surface area contributed by atoms with Gasteiger partial charge in [0.1, 0.15) is 0 Å². The van der Waals surface area contributed by atoms with Crippen LogP contribution >= 0.6 is 0 Å². The van der Waals surface area contributed by atoms with Crippen molar-refractivity contribution in [2.24, 2.45) is 0 Å². The van der Waals surface area contributed by atoms with Crippen molar-refractivity contribution in [1.82, 2.24) is 9.44 Å². The van der Waals surface area contributed by atoms with E-state index in [4.69, 9.17) is 10.5 Å². The summed E-state index contributed by atoms with van der Waals surface area (Å²) in [5.74, 6) is 0. The number of hydrogen-bond acceptors (Lipinski definition) is 6. The predicted molar refractivity (Wildman–Crippen MR) is 91.5 cm³/mol. The lowest BCUT2D eigenvalue weighted by molar-refractivity contribution is 0.555. The van der Waals surface area contributed by atoms with E-state index in [0.717, 1.165) is 6.92 Å². The second-order valence-electron chi connectivity index (χ2n) is 5.38. The third-order valence-corrected chi connectivity index (χ3v) is 7.89. The molecule has 0 spiro atoms. The molecule has 0 bridgehead atoms. The zero-order valence-electron chi connectivity index (χ0n) is 14.0. The van der Waals surface area contributed by atoms with Crippen LogP contribution < -0.4 is 9.44 Å². The Morgan fingerprint density at radius 2 is 1.12 bits per heavy atom. The Kier molecular flexibility index (Phi) is 11.6. The highest BCUT2D eigenvalue weighted by Crippen LogP contribution is 2.08. The van der Waals surface area contributed by atoms with Gasteiger partial charge in [0.2, 0.25) is 20.0 Å². The number of sulfonamides is 2. The molecular weight excluding hydrogens is 352 g/mol. The van der Waals surface area contributed by atoms with E-state index < -0.39 is 24.6 Å². The number of rotatable bonds is 14. The Labute approximate surface area is 145 Å². The molecular formula is C14H26N4O4S2. The van der Waals surface area contributed by atoms with Gasteiger partial charge in [0, 0.05) is 25.9 Å². The lowest BCUT2D eigenvalue weighted by Crippen LogP contribution is -2.43. The van der Waals surface area contributed by atoms with Crippen LogP contribution in [0.2, 0.25) is 0 Å². The van der Waals surface area contributed by atoms with Gasteiger partial charge in [0.25, 0.3) is 0 Å². The SMILES string of the molecule is CC(S(=O)(=O)NCCCCCC#N)S(=O)(=O)NCCCCCC#N. The Morgan fingerprint density at radius 3 is 1.46 bits per heavy atom. The van der Waals surface area contributed by atoms with Crippen LogP contribution in [-0.2, 0) is 20.0 Å². The third-order valence-electron chi connectivity index (χ3n) is 3.41. The topological polar surface area (TPSA) is 140 Å².